The first kappa shape index (κ1) is 12.4. The van der Waals surface area contributed by atoms with Crippen molar-refractivity contribution in [1.82, 2.24) is 0 Å². The SMILES string of the molecule is CC(O)C(=O)C[C@H]1[C@H](C)C=CCC1(C)C. The maximum absolute atomic E-state index is 11.6. The van der Waals surface area contributed by atoms with Crippen molar-refractivity contribution in [3.05, 3.63) is 12.2 Å². The van der Waals surface area contributed by atoms with Crippen molar-refractivity contribution in [1.29, 1.82) is 0 Å². The molecule has 0 amide bonds. The van der Waals surface area contributed by atoms with Gasteiger partial charge in [0.1, 0.15) is 6.10 Å². The van der Waals surface area contributed by atoms with E-state index in [1.165, 1.54) is 0 Å². The van der Waals surface area contributed by atoms with Gasteiger partial charge in [-0.15, -0.1) is 0 Å². The molecule has 0 fully saturated rings. The summed E-state index contributed by atoms with van der Waals surface area (Å²) >= 11 is 0. The lowest BCUT2D eigenvalue weighted by Crippen LogP contribution is -2.34. The maximum atomic E-state index is 11.6. The third-order valence-electron chi connectivity index (χ3n) is 3.61. The van der Waals surface area contributed by atoms with E-state index in [1.807, 2.05) is 0 Å². The Bertz CT molecular complexity index is 264. The number of hydrogen-bond acceptors (Lipinski definition) is 2. The maximum Gasteiger partial charge on any atom is 0.161 e. The first-order chi connectivity index (χ1) is 6.84. The van der Waals surface area contributed by atoms with Gasteiger partial charge < -0.3 is 5.11 Å². The smallest absolute Gasteiger partial charge is 0.161 e. The highest BCUT2D eigenvalue weighted by Crippen LogP contribution is 2.42. The number of aliphatic hydroxyl groups is 1. The van der Waals surface area contributed by atoms with Crippen LogP contribution in [-0.4, -0.2) is 17.0 Å². The van der Waals surface area contributed by atoms with Gasteiger partial charge in [0.15, 0.2) is 5.78 Å². The van der Waals surface area contributed by atoms with Gasteiger partial charge in [0.05, 0.1) is 0 Å². The third kappa shape index (κ3) is 2.91. The minimum Gasteiger partial charge on any atom is -0.386 e. The fraction of sp³-hybridized carbons (Fsp3) is 0.769. The molecule has 1 N–H and O–H groups in total. The number of Topliss-reactive ketones (excluding diaryl/α,β-unsaturated/α-hetero) is 1. The summed E-state index contributed by atoms with van der Waals surface area (Å²) in [5, 5.41) is 9.24. The van der Waals surface area contributed by atoms with E-state index in [9.17, 15) is 9.90 Å². The molecule has 3 atom stereocenters. The molecule has 0 aliphatic heterocycles. The molecule has 0 bridgehead atoms. The van der Waals surface area contributed by atoms with E-state index in [-0.39, 0.29) is 11.2 Å². The van der Waals surface area contributed by atoms with Crippen molar-refractivity contribution >= 4 is 5.78 Å². The lowest BCUT2D eigenvalue weighted by atomic mass is 9.65. The van der Waals surface area contributed by atoms with Crippen LogP contribution in [-0.2, 0) is 4.79 Å². The summed E-state index contributed by atoms with van der Waals surface area (Å²) in [5.74, 6) is 0.747. The average Bonchev–Trinajstić information content (AvgIpc) is 2.10. The summed E-state index contributed by atoms with van der Waals surface area (Å²) in [7, 11) is 0. The van der Waals surface area contributed by atoms with E-state index >= 15 is 0 Å². The lowest BCUT2D eigenvalue weighted by Gasteiger charge is -2.39. The van der Waals surface area contributed by atoms with E-state index in [2.05, 4.69) is 32.9 Å². The summed E-state index contributed by atoms with van der Waals surface area (Å²) in [4.78, 5) is 11.6. The average molecular weight is 210 g/mol. The van der Waals surface area contributed by atoms with Crippen molar-refractivity contribution in [2.75, 3.05) is 0 Å². The van der Waals surface area contributed by atoms with Crippen LogP contribution in [0, 0.1) is 17.3 Å². The molecular formula is C13H22O2. The van der Waals surface area contributed by atoms with Crippen LogP contribution in [0.25, 0.3) is 0 Å². The monoisotopic (exact) mass is 210 g/mol. The van der Waals surface area contributed by atoms with Crippen molar-refractivity contribution in [3.63, 3.8) is 0 Å². The second-order valence-electron chi connectivity index (χ2n) is 5.43. The zero-order chi connectivity index (χ0) is 11.6. The van der Waals surface area contributed by atoms with Gasteiger partial charge in [-0.3, -0.25) is 4.79 Å². The zero-order valence-corrected chi connectivity index (χ0v) is 10.2. The molecule has 1 aliphatic carbocycles. The van der Waals surface area contributed by atoms with Crippen LogP contribution in [0.2, 0.25) is 0 Å². The number of hydrogen-bond donors (Lipinski definition) is 1. The second kappa shape index (κ2) is 4.48. The highest BCUT2D eigenvalue weighted by atomic mass is 16.3. The predicted octanol–water partition coefficient (Wildman–Crippen LogP) is 2.56. The highest BCUT2D eigenvalue weighted by molar-refractivity contribution is 5.82. The Balaban J connectivity index is 2.74. The fourth-order valence-corrected chi connectivity index (χ4v) is 2.43. The van der Waals surface area contributed by atoms with Crippen LogP contribution in [0.3, 0.4) is 0 Å². The molecule has 86 valence electrons. The minimum atomic E-state index is -0.820. The summed E-state index contributed by atoms with van der Waals surface area (Å²) < 4.78 is 0. The Morgan fingerprint density at radius 2 is 2.20 bits per heavy atom. The van der Waals surface area contributed by atoms with Crippen molar-refractivity contribution in [2.45, 2.75) is 46.6 Å². The van der Waals surface area contributed by atoms with Crippen LogP contribution in [0.4, 0.5) is 0 Å². The van der Waals surface area contributed by atoms with Crippen LogP contribution in [0.1, 0.15) is 40.5 Å². The first-order valence-electron chi connectivity index (χ1n) is 5.72. The Hall–Kier alpha value is -0.630. The summed E-state index contributed by atoms with van der Waals surface area (Å²) in [6.07, 6.45) is 5.09. The number of carbonyl (C=O) groups is 1. The van der Waals surface area contributed by atoms with Crippen LogP contribution in [0.15, 0.2) is 12.2 Å². The Labute approximate surface area is 92.4 Å². The van der Waals surface area contributed by atoms with Crippen LogP contribution in [0.5, 0.6) is 0 Å². The fourth-order valence-electron chi connectivity index (χ4n) is 2.43. The largest absolute Gasteiger partial charge is 0.386 e. The zero-order valence-electron chi connectivity index (χ0n) is 10.2. The van der Waals surface area contributed by atoms with Crippen LogP contribution >= 0.6 is 0 Å². The molecule has 0 aromatic rings. The molecule has 0 radical (unpaired) electrons. The number of allylic oxidation sites excluding steroid dienone is 2. The van der Waals surface area contributed by atoms with E-state index < -0.39 is 6.10 Å². The molecule has 2 heteroatoms. The third-order valence-corrected chi connectivity index (χ3v) is 3.61. The summed E-state index contributed by atoms with van der Waals surface area (Å²) in [6, 6.07) is 0. The van der Waals surface area contributed by atoms with Gasteiger partial charge in [0.25, 0.3) is 0 Å². The van der Waals surface area contributed by atoms with Crippen LogP contribution < -0.4 is 0 Å². The molecule has 1 unspecified atom stereocenters. The quantitative estimate of drug-likeness (QED) is 0.727. The van der Waals surface area contributed by atoms with Gasteiger partial charge in [-0.2, -0.15) is 0 Å². The topological polar surface area (TPSA) is 37.3 Å². The van der Waals surface area contributed by atoms with Crippen molar-refractivity contribution < 1.29 is 9.90 Å². The molecule has 2 nitrogen and oxygen atoms in total. The molecule has 0 saturated heterocycles. The molecule has 0 spiro atoms. The van der Waals surface area contributed by atoms with E-state index in [0.717, 1.165) is 6.42 Å². The van der Waals surface area contributed by atoms with Crippen molar-refractivity contribution in [3.8, 4) is 0 Å². The number of rotatable bonds is 3. The Morgan fingerprint density at radius 3 is 2.67 bits per heavy atom. The number of ketones is 1. The Kier molecular flexibility index (Phi) is 3.72. The van der Waals surface area contributed by atoms with Gasteiger partial charge in [-0.25, -0.2) is 0 Å². The van der Waals surface area contributed by atoms with Gasteiger partial charge in [0.2, 0.25) is 0 Å². The molecule has 0 aromatic carbocycles. The van der Waals surface area contributed by atoms with Gasteiger partial charge >= 0.3 is 0 Å². The molecule has 0 heterocycles. The van der Waals surface area contributed by atoms with Crippen molar-refractivity contribution in [2.24, 2.45) is 17.3 Å². The highest BCUT2D eigenvalue weighted by Gasteiger charge is 2.36. The first-order valence-corrected chi connectivity index (χ1v) is 5.72. The molecule has 1 rings (SSSR count). The predicted molar refractivity (Wildman–Crippen MR) is 61.5 cm³/mol. The Morgan fingerprint density at radius 1 is 1.60 bits per heavy atom. The normalized spacial score (nSPS) is 31.3. The number of carbonyl (C=O) groups excluding carboxylic acids is 1. The lowest BCUT2D eigenvalue weighted by molar-refractivity contribution is -0.128. The van der Waals surface area contributed by atoms with E-state index in [0.29, 0.717) is 18.3 Å². The van der Waals surface area contributed by atoms with Gasteiger partial charge in [0, 0.05) is 6.42 Å². The number of aliphatic hydroxyl groups excluding tert-OH is 1. The van der Waals surface area contributed by atoms with E-state index in [4.69, 9.17) is 0 Å². The van der Waals surface area contributed by atoms with Gasteiger partial charge in [-0.1, -0.05) is 32.9 Å². The minimum absolute atomic E-state index is 0.0322. The van der Waals surface area contributed by atoms with Gasteiger partial charge in [-0.05, 0) is 30.6 Å². The molecule has 0 saturated carbocycles. The summed E-state index contributed by atoms with van der Waals surface area (Å²) in [6.45, 7) is 8.11. The second-order valence-corrected chi connectivity index (χ2v) is 5.43. The molecule has 1 aliphatic rings. The molecular weight excluding hydrogens is 188 g/mol. The molecule has 0 aromatic heterocycles. The van der Waals surface area contributed by atoms with E-state index in [1.54, 1.807) is 6.92 Å². The molecule has 15 heavy (non-hydrogen) atoms. The standard InChI is InChI=1S/C13H22O2/c1-9-6-5-7-13(3,4)11(9)8-12(15)10(2)14/h5-6,9-11,14H,7-8H2,1-4H3/t9-,10?,11+/m1/s1. The summed E-state index contributed by atoms with van der Waals surface area (Å²) in [5.41, 5.74) is 0.165.